The van der Waals surface area contributed by atoms with Gasteiger partial charge in [0.05, 0.1) is 6.67 Å². The molecular weight excluding hydrogens is 292 g/mol. The average Bonchev–Trinajstić information content (AvgIpc) is 2.94. The molecule has 1 heterocycles. The molecule has 6 aliphatic rings. The van der Waals surface area contributed by atoms with Crippen LogP contribution in [-0.2, 0) is 0 Å². The van der Waals surface area contributed by atoms with Crippen LogP contribution in [0.25, 0.3) is 0 Å². The van der Waals surface area contributed by atoms with Crippen molar-refractivity contribution >= 4 is 5.69 Å². The van der Waals surface area contributed by atoms with Crippen molar-refractivity contribution in [1.29, 1.82) is 0 Å². The normalized spacial score (nSPS) is 45.3. The summed E-state index contributed by atoms with van der Waals surface area (Å²) in [7, 11) is 0. The van der Waals surface area contributed by atoms with Crippen LogP contribution in [0.1, 0.15) is 42.4 Å². The van der Waals surface area contributed by atoms with E-state index in [1.807, 2.05) is 0 Å². The minimum atomic E-state index is 0.614. The summed E-state index contributed by atoms with van der Waals surface area (Å²) >= 11 is 0. The highest BCUT2D eigenvalue weighted by Gasteiger charge is 2.75. The van der Waals surface area contributed by atoms with Crippen LogP contribution < -0.4 is 4.90 Å². The van der Waals surface area contributed by atoms with Gasteiger partial charge in [0.25, 0.3) is 0 Å². The number of nitrogens with zero attached hydrogens (tertiary/aromatic N) is 2. The molecule has 0 radical (unpaired) electrons. The molecule has 24 heavy (non-hydrogen) atoms. The fourth-order valence-corrected chi connectivity index (χ4v) is 8.14. The Morgan fingerprint density at radius 2 is 1.79 bits per heavy atom. The topological polar surface area (TPSA) is 6.48 Å². The molecular formula is C22H30N2. The maximum atomic E-state index is 2.94. The van der Waals surface area contributed by atoms with Gasteiger partial charge in [0.15, 0.2) is 0 Å². The molecule has 1 aromatic carbocycles. The van der Waals surface area contributed by atoms with Crippen molar-refractivity contribution in [3.05, 3.63) is 28.8 Å². The van der Waals surface area contributed by atoms with Gasteiger partial charge in [-0.2, -0.15) is 0 Å². The highest BCUT2D eigenvalue weighted by molar-refractivity contribution is 5.60. The van der Waals surface area contributed by atoms with Crippen molar-refractivity contribution in [1.82, 2.24) is 4.90 Å². The lowest BCUT2D eigenvalue weighted by Gasteiger charge is -2.51. The lowest BCUT2D eigenvalue weighted by Crippen LogP contribution is -2.55. The first-order valence-electron chi connectivity index (χ1n) is 10.1. The van der Waals surface area contributed by atoms with Gasteiger partial charge in [-0.15, -0.1) is 0 Å². The van der Waals surface area contributed by atoms with Crippen LogP contribution in [0.4, 0.5) is 5.69 Å². The third kappa shape index (κ3) is 1.62. The van der Waals surface area contributed by atoms with Crippen LogP contribution in [0.15, 0.2) is 12.1 Å². The number of hydrogen-bond donors (Lipinski definition) is 0. The zero-order chi connectivity index (χ0) is 16.2. The first-order valence-corrected chi connectivity index (χ1v) is 10.1. The number of hydrogen-bond acceptors (Lipinski definition) is 2. The number of benzene rings is 1. The van der Waals surface area contributed by atoms with Crippen LogP contribution in [0.3, 0.4) is 0 Å². The van der Waals surface area contributed by atoms with E-state index in [9.17, 15) is 0 Å². The van der Waals surface area contributed by atoms with Gasteiger partial charge in [-0.3, -0.25) is 4.90 Å². The van der Waals surface area contributed by atoms with Crippen molar-refractivity contribution in [3.8, 4) is 0 Å². The Hall–Kier alpha value is -1.02. The molecule has 7 rings (SSSR count). The fraction of sp³-hybridized carbons (Fsp3) is 0.727. The van der Waals surface area contributed by atoms with Crippen LogP contribution in [0, 0.1) is 50.4 Å². The van der Waals surface area contributed by atoms with E-state index in [0.29, 0.717) is 5.54 Å². The summed E-state index contributed by atoms with van der Waals surface area (Å²) in [5.41, 5.74) is 6.46. The van der Waals surface area contributed by atoms with Crippen molar-refractivity contribution < 1.29 is 0 Å². The summed E-state index contributed by atoms with van der Waals surface area (Å²) in [5, 5.41) is 0. The Morgan fingerprint density at radius 1 is 1.00 bits per heavy atom. The Labute approximate surface area is 146 Å². The van der Waals surface area contributed by atoms with E-state index in [1.165, 1.54) is 55.0 Å². The summed E-state index contributed by atoms with van der Waals surface area (Å²) in [6.07, 6.45) is 6.23. The highest BCUT2D eigenvalue weighted by atomic mass is 15.4. The molecule has 2 heteroatoms. The van der Waals surface area contributed by atoms with Crippen LogP contribution in [-0.4, -0.2) is 30.2 Å². The predicted molar refractivity (Wildman–Crippen MR) is 98.2 cm³/mol. The fourth-order valence-electron chi connectivity index (χ4n) is 8.14. The van der Waals surface area contributed by atoms with Gasteiger partial charge < -0.3 is 4.90 Å². The number of anilines is 1. The molecule has 0 aromatic heterocycles. The molecule has 4 bridgehead atoms. The molecule has 6 unspecified atom stereocenters. The molecule has 128 valence electrons. The zero-order valence-corrected chi connectivity index (χ0v) is 15.4. The summed E-state index contributed by atoms with van der Waals surface area (Å²) < 4.78 is 0. The van der Waals surface area contributed by atoms with Crippen molar-refractivity contribution in [2.24, 2.45) is 29.6 Å². The second kappa shape index (κ2) is 4.38. The lowest BCUT2D eigenvalue weighted by atomic mass is 9.63. The quantitative estimate of drug-likeness (QED) is 0.808. The lowest BCUT2D eigenvalue weighted by molar-refractivity contribution is -0.00609. The molecule has 5 saturated carbocycles. The number of aryl methyl sites for hydroxylation is 3. The van der Waals surface area contributed by atoms with Crippen LogP contribution in [0.5, 0.6) is 0 Å². The molecule has 5 aliphatic carbocycles. The standard InChI is InChI=1S/C22H30N2/c1-13-6-14(2)21(15(3)7-13)23-4-5-24(12-23)22-10-16-8-17(11-22)19-18(9-16)20(19)22/h6-7,16-20H,4-5,8-12H2,1-3H3. The Balaban J connectivity index is 1.30. The van der Waals surface area contributed by atoms with Gasteiger partial charge in [-0.1, -0.05) is 17.7 Å². The second-order valence-electron chi connectivity index (χ2n) is 9.79. The smallest absolute Gasteiger partial charge is 0.0713 e. The SMILES string of the molecule is Cc1cc(C)c(N2CCN(C34CC5CC(C3)C3C(C5)C34)C2)c(C)c1. The number of rotatable bonds is 2. The van der Waals surface area contributed by atoms with Gasteiger partial charge in [0, 0.05) is 24.3 Å². The third-order valence-electron chi connectivity index (χ3n) is 8.46. The third-order valence-corrected chi connectivity index (χ3v) is 8.46. The zero-order valence-electron chi connectivity index (χ0n) is 15.4. The van der Waals surface area contributed by atoms with E-state index in [4.69, 9.17) is 0 Å². The largest absolute Gasteiger partial charge is 0.357 e. The van der Waals surface area contributed by atoms with E-state index in [2.05, 4.69) is 42.7 Å². The summed E-state index contributed by atoms with van der Waals surface area (Å²) in [6, 6.07) is 4.73. The maximum absolute atomic E-state index is 2.94. The molecule has 0 N–H and O–H groups in total. The van der Waals surface area contributed by atoms with E-state index in [0.717, 1.165) is 29.6 Å². The van der Waals surface area contributed by atoms with Crippen molar-refractivity contribution in [2.45, 2.75) is 52.0 Å². The minimum absolute atomic E-state index is 0.614. The molecule has 1 aromatic rings. The Bertz CT molecular complexity index is 702. The van der Waals surface area contributed by atoms with E-state index in [1.54, 1.807) is 12.8 Å². The van der Waals surface area contributed by atoms with E-state index >= 15 is 0 Å². The van der Waals surface area contributed by atoms with Gasteiger partial charge in [0.1, 0.15) is 0 Å². The molecule has 1 aliphatic heterocycles. The first-order chi connectivity index (χ1) is 11.6. The van der Waals surface area contributed by atoms with E-state index in [-0.39, 0.29) is 0 Å². The van der Waals surface area contributed by atoms with Crippen molar-refractivity contribution in [2.75, 3.05) is 24.7 Å². The summed E-state index contributed by atoms with van der Waals surface area (Å²) in [6.45, 7) is 10.5. The molecule has 1 saturated heterocycles. The predicted octanol–water partition coefficient (Wildman–Crippen LogP) is 4.13. The maximum Gasteiger partial charge on any atom is 0.0713 e. The molecule has 0 amide bonds. The molecule has 2 nitrogen and oxygen atoms in total. The highest BCUT2D eigenvalue weighted by Crippen LogP contribution is 2.77. The monoisotopic (exact) mass is 322 g/mol. The second-order valence-corrected chi connectivity index (χ2v) is 9.79. The molecule has 0 spiro atoms. The van der Waals surface area contributed by atoms with Crippen molar-refractivity contribution in [3.63, 3.8) is 0 Å². The summed E-state index contributed by atoms with van der Waals surface area (Å²) in [5.74, 6) is 5.53. The van der Waals surface area contributed by atoms with Crippen LogP contribution >= 0.6 is 0 Å². The first kappa shape index (κ1) is 14.2. The van der Waals surface area contributed by atoms with Gasteiger partial charge >= 0.3 is 0 Å². The van der Waals surface area contributed by atoms with E-state index < -0.39 is 0 Å². The van der Waals surface area contributed by atoms with Gasteiger partial charge in [0.2, 0.25) is 0 Å². The molecule has 6 fully saturated rings. The van der Waals surface area contributed by atoms with Crippen LogP contribution in [0.2, 0.25) is 0 Å². The average molecular weight is 322 g/mol. The summed E-state index contributed by atoms with van der Waals surface area (Å²) in [4.78, 5) is 5.62. The van der Waals surface area contributed by atoms with Gasteiger partial charge in [-0.25, -0.2) is 0 Å². The Morgan fingerprint density at radius 3 is 2.54 bits per heavy atom. The Kier molecular flexibility index (Phi) is 2.59. The minimum Gasteiger partial charge on any atom is -0.357 e. The molecule has 6 atom stereocenters. The van der Waals surface area contributed by atoms with Gasteiger partial charge in [-0.05, 0) is 87.2 Å².